The standard InChI is InChI=1S/C2H7N.Ga/c1-3-2;/h3H,1-2H3;. The second kappa shape index (κ2) is 9.51. The third-order valence-electron chi connectivity index (χ3n) is 0. The van der Waals surface area contributed by atoms with Crippen LogP contribution < -0.4 is 5.32 Å². The fourth-order valence-electron chi connectivity index (χ4n) is 0. The Morgan fingerprint density at radius 2 is 1.25 bits per heavy atom. The molecule has 0 saturated carbocycles. The zero-order valence-electron chi connectivity index (χ0n) is 3.08. The molecule has 0 unspecified atom stereocenters. The van der Waals surface area contributed by atoms with Gasteiger partial charge in [0.25, 0.3) is 0 Å². The predicted octanol–water partition coefficient (Wildman–Crippen LogP) is -0.545. The van der Waals surface area contributed by atoms with Gasteiger partial charge in [0.1, 0.15) is 0 Å². The Hall–Kier alpha value is 0.596. The fourth-order valence-corrected chi connectivity index (χ4v) is 0. The number of hydrogen-bond donors (Lipinski definition) is 1. The molecule has 3 radical (unpaired) electrons. The van der Waals surface area contributed by atoms with E-state index in [0.29, 0.717) is 0 Å². The SMILES string of the molecule is CNC.[Ga]. The summed E-state index contributed by atoms with van der Waals surface area (Å²) in [5, 5.41) is 2.75. The van der Waals surface area contributed by atoms with E-state index in [9.17, 15) is 0 Å². The molecule has 0 amide bonds. The van der Waals surface area contributed by atoms with E-state index < -0.39 is 0 Å². The maximum Gasteiger partial charge on any atom is 0 e. The summed E-state index contributed by atoms with van der Waals surface area (Å²) < 4.78 is 0. The zero-order chi connectivity index (χ0) is 2.71. The molecular formula is C2H7GaN. The number of rotatable bonds is 0. The van der Waals surface area contributed by atoms with Crippen LogP contribution in [0.5, 0.6) is 0 Å². The molecule has 0 aromatic rings. The molecule has 2 heteroatoms. The van der Waals surface area contributed by atoms with Crippen LogP contribution in [0.25, 0.3) is 0 Å². The Bertz CT molecular complexity index is 6.00. The molecule has 0 atom stereocenters. The molecule has 0 aliphatic carbocycles. The molecule has 4 heavy (non-hydrogen) atoms. The first-order valence-corrected chi connectivity index (χ1v) is 1.00. The average Bonchev–Trinajstić information content (AvgIpc) is 0.918. The van der Waals surface area contributed by atoms with Gasteiger partial charge in [-0.3, -0.25) is 0 Å². The van der Waals surface area contributed by atoms with E-state index in [2.05, 4.69) is 5.32 Å². The van der Waals surface area contributed by atoms with E-state index in [1.807, 2.05) is 14.1 Å². The molecule has 0 saturated heterocycles. The minimum absolute atomic E-state index is 0. The molecule has 0 aliphatic rings. The van der Waals surface area contributed by atoms with Crippen LogP contribution in [-0.4, -0.2) is 33.9 Å². The van der Waals surface area contributed by atoms with Gasteiger partial charge in [0, 0.05) is 19.8 Å². The van der Waals surface area contributed by atoms with Gasteiger partial charge in [0.2, 0.25) is 0 Å². The van der Waals surface area contributed by atoms with Crippen LogP contribution in [0, 0.1) is 0 Å². The Labute approximate surface area is 39.8 Å². The van der Waals surface area contributed by atoms with Crippen molar-refractivity contribution in [1.29, 1.82) is 0 Å². The molecule has 0 aromatic carbocycles. The first kappa shape index (κ1) is 8.82. The second-order valence-electron chi connectivity index (χ2n) is 0.500. The molecule has 0 rings (SSSR count). The van der Waals surface area contributed by atoms with Crippen LogP contribution in [-0.2, 0) is 0 Å². The molecule has 0 spiro atoms. The van der Waals surface area contributed by atoms with Crippen molar-refractivity contribution in [2.24, 2.45) is 0 Å². The molecule has 0 bridgehead atoms. The maximum atomic E-state index is 2.75. The number of nitrogens with one attached hydrogen (secondary N) is 1. The third-order valence-corrected chi connectivity index (χ3v) is 0. The Balaban J connectivity index is 0. The topological polar surface area (TPSA) is 12.0 Å². The summed E-state index contributed by atoms with van der Waals surface area (Å²) in [6.45, 7) is 0. The summed E-state index contributed by atoms with van der Waals surface area (Å²) >= 11 is 0. The van der Waals surface area contributed by atoms with Gasteiger partial charge in [-0.2, -0.15) is 0 Å². The summed E-state index contributed by atoms with van der Waals surface area (Å²) in [6.07, 6.45) is 0. The predicted molar refractivity (Wildman–Crippen MR) is 20.7 cm³/mol. The van der Waals surface area contributed by atoms with Crippen molar-refractivity contribution >= 4 is 19.8 Å². The maximum absolute atomic E-state index is 2.75. The van der Waals surface area contributed by atoms with E-state index in [1.54, 1.807) is 0 Å². The van der Waals surface area contributed by atoms with Gasteiger partial charge in [-0.15, -0.1) is 0 Å². The van der Waals surface area contributed by atoms with Crippen LogP contribution in [0.1, 0.15) is 0 Å². The minimum atomic E-state index is 0. The van der Waals surface area contributed by atoms with Crippen molar-refractivity contribution in [1.82, 2.24) is 5.32 Å². The molecule has 1 N–H and O–H groups in total. The Morgan fingerprint density at radius 1 is 1.25 bits per heavy atom. The van der Waals surface area contributed by atoms with Gasteiger partial charge in [-0.05, 0) is 14.1 Å². The van der Waals surface area contributed by atoms with Crippen molar-refractivity contribution in [2.75, 3.05) is 14.1 Å². The van der Waals surface area contributed by atoms with Gasteiger partial charge >= 0.3 is 0 Å². The molecule has 1 nitrogen and oxygen atoms in total. The van der Waals surface area contributed by atoms with Crippen LogP contribution >= 0.6 is 0 Å². The first-order valence-electron chi connectivity index (χ1n) is 1.00. The van der Waals surface area contributed by atoms with Crippen molar-refractivity contribution in [2.45, 2.75) is 0 Å². The van der Waals surface area contributed by atoms with E-state index in [4.69, 9.17) is 0 Å². The van der Waals surface area contributed by atoms with Crippen molar-refractivity contribution in [3.63, 3.8) is 0 Å². The van der Waals surface area contributed by atoms with E-state index >= 15 is 0 Å². The van der Waals surface area contributed by atoms with Crippen molar-refractivity contribution in [3.8, 4) is 0 Å². The largest absolute Gasteiger partial charge is 0.323 e. The Kier molecular flexibility index (Phi) is 21.0. The van der Waals surface area contributed by atoms with Gasteiger partial charge in [0.15, 0.2) is 0 Å². The van der Waals surface area contributed by atoms with Crippen LogP contribution in [0.2, 0.25) is 0 Å². The quantitative estimate of drug-likeness (QED) is 0.417. The molecule has 0 aromatic heterocycles. The molecule has 23 valence electrons. The van der Waals surface area contributed by atoms with E-state index in [1.165, 1.54) is 0 Å². The van der Waals surface area contributed by atoms with E-state index in [0.717, 1.165) is 0 Å². The number of hydrogen-bond acceptors (Lipinski definition) is 1. The Morgan fingerprint density at radius 3 is 1.25 bits per heavy atom. The first-order chi connectivity index (χ1) is 1.41. The smallest absolute Gasteiger partial charge is 0 e. The van der Waals surface area contributed by atoms with Crippen molar-refractivity contribution < 1.29 is 0 Å². The summed E-state index contributed by atoms with van der Waals surface area (Å²) in [6, 6.07) is 0. The second-order valence-corrected chi connectivity index (χ2v) is 0.500. The van der Waals surface area contributed by atoms with Crippen molar-refractivity contribution in [3.05, 3.63) is 0 Å². The summed E-state index contributed by atoms with van der Waals surface area (Å²) in [4.78, 5) is 0. The van der Waals surface area contributed by atoms with Gasteiger partial charge in [-0.1, -0.05) is 0 Å². The summed E-state index contributed by atoms with van der Waals surface area (Å²) in [5.74, 6) is 0. The average molecular weight is 115 g/mol. The van der Waals surface area contributed by atoms with Gasteiger partial charge in [0.05, 0.1) is 0 Å². The van der Waals surface area contributed by atoms with Crippen LogP contribution in [0.15, 0.2) is 0 Å². The zero-order valence-corrected chi connectivity index (χ0v) is 5.50. The minimum Gasteiger partial charge on any atom is -0.323 e. The van der Waals surface area contributed by atoms with Crippen LogP contribution in [0.4, 0.5) is 0 Å². The van der Waals surface area contributed by atoms with E-state index in [-0.39, 0.29) is 19.8 Å². The molecule has 0 heterocycles. The third kappa shape index (κ3) is 18.6. The summed E-state index contributed by atoms with van der Waals surface area (Å²) in [5.41, 5.74) is 0. The molecule has 0 fully saturated rings. The van der Waals surface area contributed by atoms with Crippen LogP contribution in [0.3, 0.4) is 0 Å². The molecule has 0 aliphatic heterocycles. The molecular weight excluding hydrogens is 108 g/mol. The summed E-state index contributed by atoms with van der Waals surface area (Å²) in [7, 11) is 3.75. The van der Waals surface area contributed by atoms with Gasteiger partial charge in [-0.25, -0.2) is 0 Å². The van der Waals surface area contributed by atoms with Gasteiger partial charge < -0.3 is 5.32 Å². The normalized spacial score (nSPS) is 4.50. The fraction of sp³-hybridized carbons (Fsp3) is 1.00. The monoisotopic (exact) mass is 114 g/mol.